The average Bonchev–Trinajstić information content (AvgIpc) is 2.61. The van der Waals surface area contributed by atoms with E-state index in [2.05, 4.69) is 0 Å². The summed E-state index contributed by atoms with van der Waals surface area (Å²) in [5.74, 6) is -1.26. The number of carbonyl (C=O) groups excluding carboxylic acids is 2. The van der Waals surface area contributed by atoms with Crippen LogP contribution in [0.15, 0.2) is 54.6 Å². The van der Waals surface area contributed by atoms with Crippen molar-refractivity contribution in [2.45, 2.75) is 13.5 Å². The molecule has 2 rings (SSSR count). The average molecular weight is 341 g/mol. The van der Waals surface area contributed by atoms with Crippen LogP contribution in [0.3, 0.4) is 0 Å². The van der Waals surface area contributed by atoms with E-state index in [9.17, 15) is 14.0 Å². The Kier molecular flexibility index (Phi) is 6.46. The van der Waals surface area contributed by atoms with Gasteiger partial charge in [0.25, 0.3) is 5.91 Å². The van der Waals surface area contributed by atoms with E-state index in [0.717, 1.165) is 11.1 Å². The number of ether oxygens (including phenoxy) is 1. The zero-order valence-corrected chi connectivity index (χ0v) is 14.2. The Morgan fingerprint density at radius 2 is 1.72 bits per heavy atom. The van der Waals surface area contributed by atoms with Gasteiger partial charge in [-0.1, -0.05) is 42.0 Å². The second-order valence-corrected chi connectivity index (χ2v) is 5.73. The first-order valence-electron chi connectivity index (χ1n) is 7.84. The minimum absolute atomic E-state index is 0.288. The molecule has 0 atom stereocenters. The number of hydrogen-bond donors (Lipinski definition) is 0. The number of hydrogen-bond acceptors (Lipinski definition) is 3. The lowest BCUT2D eigenvalue weighted by Gasteiger charge is -2.17. The highest BCUT2D eigenvalue weighted by molar-refractivity contribution is 5.89. The standard InChI is InChI=1S/C20H20FNO3/c1-15-3-5-17(6-4-15)13-22(2)19(23)14-25-20(24)12-9-16-7-10-18(21)11-8-16/h3-12H,13-14H2,1-2H3/b12-9+. The Bertz CT molecular complexity index is 752. The lowest BCUT2D eigenvalue weighted by Crippen LogP contribution is -2.30. The third-order valence-corrected chi connectivity index (χ3v) is 3.59. The molecule has 0 saturated carbocycles. The van der Waals surface area contributed by atoms with Crippen LogP contribution in [0.2, 0.25) is 0 Å². The minimum atomic E-state index is -0.624. The molecule has 25 heavy (non-hydrogen) atoms. The number of likely N-dealkylation sites (N-methyl/N-ethyl adjacent to an activating group) is 1. The van der Waals surface area contributed by atoms with Crippen molar-refractivity contribution in [2.75, 3.05) is 13.7 Å². The van der Waals surface area contributed by atoms with E-state index in [1.807, 2.05) is 31.2 Å². The highest BCUT2D eigenvalue weighted by Gasteiger charge is 2.11. The summed E-state index contributed by atoms with van der Waals surface area (Å²) in [5, 5.41) is 0. The van der Waals surface area contributed by atoms with Crippen LogP contribution in [-0.2, 0) is 20.9 Å². The molecule has 0 aliphatic rings. The third kappa shape index (κ3) is 6.22. The number of halogens is 1. The molecule has 0 radical (unpaired) electrons. The molecule has 0 spiro atoms. The van der Waals surface area contributed by atoms with E-state index in [1.165, 1.54) is 29.2 Å². The lowest BCUT2D eigenvalue weighted by molar-refractivity contribution is -0.147. The molecule has 0 N–H and O–H groups in total. The van der Waals surface area contributed by atoms with Crippen molar-refractivity contribution < 1.29 is 18.7 Å². The van der Waals surface area contributed by atoms with Gasteiger partial charge in [-0.3, -0.25) is 4.79 Å². The molecule has 1 amide bonds. The summed E-state index contributed by atoms with van der Waals surface area (Å²) in [4.78, 5) is 25.2. The summed E-state index contributed by atoms with van der Waals surface area (Å²) in [7, 11) is 1.66. The number of rotatable bonds is 6. The molecule has 0 aliphatic heterocycles. The van der Waals surface area contributed by atoms with Crippen molar-refractivity contribution in [2.24, 2.45) is 0 Å². The molecule has 2 aromatic rings. The van der Waals surface area contributed by atoms with Crippen molar-refractivity contribution in [3.63, 3.8) is 0 Å². The number of benzene rings is 2. The molecule has 0 unspecified atom stereocenters. The largest absolute Gasteiger partial charge is 0.452 e. The first kappa shape index (κ1) is 18.4. The van der Waals surface area contributed by atoms with Crippen LogP contribution in [0.1, 0.15) is 16.7 Å². The topological polar surface area (TPSA) is 46.6 Å². The van der Waals surface area contributed by atoms with Gasteiger partial charge in [-0.05, 0) is 36.3 Å². The minimum Gasteiger partial charge on any atom is -0.452 e. The molecule has 5 heteroatoms. The Morgan fingerprint density at radius 1 is 1.08 bits per heavy atom. The highest BCUT2D eigenvalue weighted by Crippen LogP contribution is 2.07. The number of esters is 1. The van der Waals surface area contributed by atoms with Crippen LogP contribution in [0.5, 0.6) is 0 Å². The second-order valence-electron chi connectivity index (χ2n) is 5.73. The van der Waals surface area contributed by atoms with Crippen LogP contribution in [-0.4, -0.2) is 30.4 Å². The van der Waals surface area contributed by atoms with Crippen LogP contribution >= 0.6 is 0 Å². The SMILES string of the molecule is Cc1ccc(CN(C)C(=O)COC(=O)/C=C/c2ccc(F)cc2)cc1. The molecule has 0 fully saturated rings. The summed E-state index contributed by atoms with van der Waals surface area (Å²) >= 11 is 0. The van der Waals surface area contributed by atoms with Crippen molar-refractivity contribution >= 4 is 18.0 Å². The molecule has 130 valence electrons. The van der Waals surface area contributed by atoms with Crippen molar-refractivity contribution in [3.8, 4) is 0 Å². The fraction of sp³-hybridized carbons (Fsp3) is 0.200. The maximum Gasteiger partial charge on any atom is 0.331 e. The maximum atomic E-state index is 12.8. The summed E-state index contributed by atoms with van der Waals surface area (Å²) in [6.45, 7) is 2.12. The molecule has 0 aliphatic carbocycles. The number of carbonyl (C=O) groups is 2. The number of amides is 1. The van der Waals surface area contributed by atoms with Gasteiger partial charge >= 0.3 is 5.97 Å². The van der Waals surface area contributed by atoms with E-state index < -0.39 is 5.97 Å². The predicted molar refractivity (Wildman–Crippen MR) is 94.0 cm³/mol. The van der Waals surface area contributed by atoms with Crippen LogP contribution < -0.4 is 0 Å². The van der Waals surface area contributed by atoms with Gasteiger partial charge in [-0.2, -0.15) is 0 Å². The smallest absolute Gasteiger partial charge is 0.331 e. The van der Waals surface area contributed by atoms with Gasteiger partial charge in [0, 0.05) is 19.7 Å². The Morgan fingerprint density at radius 3 is 2.36 bits per heavy atom. The van der Waals surface area contributed by atoms with Crippen LogP contribution in [0, 0.1) is 12.7 Å². The normalized spacial score (nSPS) is 10.7. The molecule has 0 heterocycles. The van der Waals surface area contributed by atoms with Crippen LogP contribution in [0.4, 0.5) is 4.39 Å². The predicted octanol–water partition coefficient (Wildman–Crippen LogP) is 3.35. The van der Waals surface area contributed by atoms with Gasteiger partial charge in [0.1, 0.15) is 5.82 Å². The summed E-state index contributed by atoms with van der Waals surface area (Å²) in [5.41, 5.74) is 2.82. The van der Waals surface area contributed by atoms with Crippen molar-refractivity contribution in [3.05, 3.63) is 77.1 Å². The van der Waals surface area contributed by atoms with Gasteiger partial charge in [0.2, 0.25) is 0 Å². The molecular formula is C20H20FNO3. The summed E-state index contributed by atoms with van der Waals surface area (Å²) in [6.07, 6.45) is 2.71. The van der Waals surface area contributed by atoms with Crippen molar-refractivity contribution in [1.29, 1.82) is 0 Å². The van der Waals surface area contributed by atoms with Gasteiger partial charge in [-0.15, -0.1) is 0 Å². The first-order chi connectivity index (χ1) is 11.9. The Labute approximate surface area is 146 Å². The fourth-order valence-electron chi connectivity index (χ4n) is 2.08. The fourth-order valence-corrected chi connectivity index (χ4v) is 2.08. The Balaban J connectivity index is 1.79. The van der Waals surface area contributed by atoms with E-state index >= 15 is 0 Å². The molecule has 0 bridgehead atoms. The number of nitrogens with zero attached hydrogens (tertiary/aromatic N) is 1. The highest BCUT2D eigenvalue weighted by atomic mass is 19.1. The van der Waals surface area contributed by atoms with Gasteiger partial charge < -0.3 is 9.64 Å². The second kappa shape index (κ2) is 8.78. The van der Waals surface area contributed by atoms with Gasteiger partial charge in [0.15, 0.2) is 6.61 Å². The van der Waals surface area contributed by atoms with Crippen LogP contribution in [0.25, 0.3) is 6.08 Å². The monoisotopic (exact) mass is 341 g/mol. The van der Waals surface area contributed by atoms with E-state index in [0.29, 0.717) is 12.1 Å². The van der Waals surface area contributed by atoms with E-state index in [-0.39, 0.29) is 18.3 Å². The number of aryl methyl sites for hydroxylation is 1. The molecule has 0 aromatic heterocycles. The molecule has 2 aromatic carbocycles. The zero-order valence-electron chi connectivity index (χ0n) is 14.2. The summed E-state index contributed by atoms with van der Waals surface area (Å²) in [6, 6.07) is 13.6. The molecule has 4 nitrogen and oxygen atoms in total. The van der Waals surface area contributed by atoms with Gasteiger partial charge in [0.05, 0.1) is 0 Å². The first-order valence-corrected chi connectivity index (χ1v) is 7.84. The van der Waals surface area contributed by atoms with E-state index in [1.54, 1.807) is 19.2 Å². The van der Waals surface area contributed by atoms with Crippen molar-refractivity contribution in [1.82, 2.24) is 4.90 Å². The lowest BCUT2D eigenvalue weighted by atomic mass is 10.1. The van der Waals surface area contributed by atoms with E-state index in [4.69, 9.17) is 4.74 Å². The maximum absolute atomic E-state index is 12.8. The molecule has 0 saturated heterocycles. The third-order valence-electron chi connectivity index (χ3n) is 3.59. The molecular weight excluding hydrogens is 321 g/mol. The van der Waals surface area contributed by atoms with Gasteiger partial charge in [-0.25, -0.2) is 9.18 Å². The zero-order chi connectivity index (χ0) is 18.2. The summed E-state index contributed by atoms with van der Waals surface area (Å²) < 4.78 is 17.7. The Hall–Kier alpha value is -2.95. The quantitative estimate of drug-likeness (QED) is 0.598.